The van der Waals surface area contributed by atoms with Crippen molar-refractivity contribution in [2.45, 2.75) is 38.4 Å². The highest BCUT2D eigenvalue weighted by atomic mass is 32.2. The van der Waals surface area contributed by atoms with Gasteiger partial charge in [-0.3, -0.25) is 9.59 Å². The van der Waals surface area contributed by atoms with Crippen LogP contribution in [0.3, 0.4) is 0 Å². The second-order valence-corrected chi connectivity index (χ2v) is 6.16. The van der Waals surface area contributed by atoms with E-state index in [0.29, 0.717) is 6.54 Å². The molecule has 0 aliphatic carbocycles. The van der Waals surface area contributed by atoms with Gasteiger partial charge in [-0.2, -0.15) is 0 Å². The smallest absolute Gasteiger partial charge is 0.318 e. The molecule has 1 amide bonds. The van der Waals surface area contributed by atoms with Gasteiger partial charge >= 0.3 is 5.97 Å². The monoisotopic (exact) mass is 265 g/mol. The van der Waals surface area contributed by atoms with Gasteiger partial charge in [0.15, 0.2) is 9.84 Å². The first-order valence-corrected chi connectivity index (χ1v) is 7.24. The van der Waals surface area contributed by atoms with Crippen LogP contribution in [0.25, 0.3) is 0 Å². The van der Waals surface area contributed by atoms with Crippen LogP contribution < -0.4 is 5.32 Å². The lowest BCUT2D eigenvalue weighted by Gasteiger charge is -2.11. The van der Waals surface area contributed by atoms with Gasteiger partial charge in [0.1, 0.15) is 11.0 Å². The highest BCUT2D eigenvalue weighted by molar-refractivity contribution is 7.93. The molecular formula is C10H19NO5S. The van der Waals surface area contributed by atoms with Crippen molar-refractivity contribution in [1.82, 2.24) is 5.32 Å². The second kappa shape index (κ2) is 7.26. The summed E-state index contributed by atoms with van der Waals surface area (Å²) in [4.78, 5) is 21.8. The molecule has 0 bridgehead atoms. The van der Waals surface area contributed by atoms with Crippen LogP contribution in [0.5, 0.6) is 0 Å². The van der Waals surface area contributed by atoms with Crippen molar-refractivity contribution in [3.8, 4) is 0 Å². The maximum Gasteiger partial charge on any atom is 0.318 e. The van der Waals surface area contributed by atoms with Gasteiger partial charge in [0, 0.05) is 6.54 Å². The third-order valence-electron chi connectivity index (χ3n) is 2.31. The first-order chi connectivity index (χ1) is 7.81. The first kappa shape index (κ1) is 15.9. The summed E-state index contributed by atoms with van der Waals surface area (Å²) in [5, 5.41) is 9.58. The maximum atomic E-state index is 11.5. The Hall–Kier alpha value is -1.11. The van der Waals surface area contributed by atoms with Crippen LogP contribution in [0.15, 0.2) is 0 Å². The van der Waals surface area contributed by atoms with E-state index < -0.39 is 32.7 Å². The molecular weight excluding hydrogens is 246 g/mol. The van der Waals surface area contributed by atoms with Crippen LogP contribution in [-0.4, -0.2) is 42.9 Å². The lowest BCUT2D eigenvalue weighted by atomic mass is 10.2. The quantitative estimate of drug-likeness (QED) is 0.610. The van der Waals surface area contributed by atoms with Crippen LogP contribution in [0, 0.1) is 0 Å². The van der Waals surface area contributed by atoms with Gasteiger partial charge < -0.3 is 10.4 Å². The molecule has 0 heterocycles. The number of sulfone groups is 1. The number of carboxylic acids is 1. The standard InChI is InChI=1S/C10H19NO5S/c1-3-4-5-6-11-10(14)8(2)17(15,16)7-9(12)13/h8H,3-7H2,1-2H3,(H,11,14)(H,12,13). The van der Waals surface area contributed by atoms with E-state index in [9.17, 15) is 18.0 Å². The minimum atomic E-state index is -3.91. The van der Waals surface area contributed by atoms with Crippen molar-refractivity contribution in [3.05, 3.63) is 0 Å². The molecule has 6 nitrogen and oxygen atoms in total. The molecule has 0 rings (SSSR count). The summed E-state index contributed by atoms with van der Waals surface area (Å²) in [7, 11) is -3.91. The SMILES string of the molecule is CCCCCNC(=O)C(C)S(=O)(=O)CC(=O)O. The van der Waals surface area contributed by atoms with Gasteiger partial charge in [0.2, 0.25) is 5.91 Å². The molecule has 0 radical (unpaired) electrons. The topological polar surface area (TPSA) is 101 Å². The number of carboxylic acid groups (broad SMARTS) is 1. The molecule has 0 spiro atoms. The van der Waals surface area contributed by atoms with Gasteiger partial charge in [-0.25, -0.2) is 8.42 Å². The molecule has 1 unspecified atom stereocenters. The highest BCUT2D eigenvalue weighted by Gasteiger charge is 2.29. The summed E-state index contributed by atoms with van der Waals surface area (Å²) in [5.41, 5.74) is 0. The zero-order valence-electron chi connectivity index (χ0n) is 10.1. The van der Waals surface area contributed by atoms with E-state index in [2.05, 4.69) is 5.32 Å². The number of nitrogens with one attached hydrogen (secondary N) is 1. The number of amides is 1. The van der Waals surface area contributed by atoms with Crippen molar-refractivity contribution in [2.75, 3.05) is 12.3 Å². The van der Waals surface area contributed by atoms with E-state index in [1.807, 2.05) is 6.92 Å². The molecule has 1 atom stereocenters. The molecule has 0 saturated carbocycles. The molecule has 0 aliphatic heterocycles. The van der Waals surface area contributed by atoms with E-state index in [-0.39, 0.29) is 0 Å². The molecule has 0 aromatic rings. The Kier molecular flexibility index (Phi) is 6.79. The average Bonchev–Trinajstić information content (AvgIpc) is 2.21. The van der Waals surface area contributed by atoms with Crippen LogP contribution >= 0.6 is 0 Å². The van der Waals surface area contributed by atoms with E-state index in [1.165, 1.54) is 6.92 Å². The van der Waals surface area contributed by atoms with Gasteiger partial charge in [-0.15, -0.1) is 0 Å². The van der Waals surface area contributed by atoms with Crippen molar-refractivity contribution in [2.24, 2.45) is 0 Å². The average molecular weight is 265 g/mol. The molecule has 0 fully saturated rings. The summed E-state index contributed by atoms with van der Waals surface area (Å²) < 4.78 is 22.9. The lowest BCUT2D eigenvalue weighted by Crippen LogP contribution is -2.40. The fourth-order valence-electron chi connectivity index (χ4n) is 1.19. The van der Waals surface area contributed by atoms with Crippen molar-refractivity contribution >= 4 is 21.7 Å². The number of carbonyl (C=O) groups excluding carboxylic acids is 1. The van der Waals surface area contributed by atoms with E-state index in [4.69, 9.17) is 5.11 Å². The van der Waals surface area contributed by atoms with Crippen LogP contribution in [-0.2, 0) is 19.4 Å². The van der Waals surface area contributed by atoms with Gasteiger partial charge in [0.05, 0.1) is 0 Å². The van der Waals surface area contributed by atoms with Gasteiger partial charge in [-0.1, -0.05) is 19.8 Å². The van der Waals surface area contributed by atoms with Crippen molar-refractivity contribution in [3.63, 3.8) is 0 Å². The third kappa shape index (κ3) is 6.25. The number of hydrogen-bond acceptors (Lipinski definition) is 4. The fourth-order valence-corrected chi connectivity index (χ4v) is 2.19. The Labute approximate surface area is 101 Å². The summed E-state index contributed by atoms with van der Waals surface area (Å²) >= 11 is 0. The first-order valence-electron chi connectivity index (χ1n) is 5.52. The molecule has 2 N–H and O–H groups in total. The molecule has 17 heavy (non-hydrogen) atoms. The van der Waals surface area contributed by atoms with E-state index in [0.717, 1.165) is 19.3 Å². The number of carbonyl (C=O) groups is 2. The Morgan fingerprint density at radius 1 is 1.29 bits per heavy atom. The number of unbranched alkanes of at least 4 members (excludes halogenated alkanes) is 2. The number of aliphatic carboxylic acids is 1. The minimum absolute atomic E-state index is 0.416. The number of hydrogen-bond donors (Lipinski definition) is 2. The van der Waals surface area contributed by atoms with E-state index in [1.54, 1.807) is 0 Å². The minimum Gasteiger partial charge on any atom is -0.480 e. The maximum absolute atomic E-state index is 11.5. The van der Waals surface area contributed by atoms with Crippen molar-refractivity contribution < 1.29 is 23.1 Å². The van der Waals surface area contributed by atoms with E-state index >= 15 is 0 Å². The van der Waals surface area contributed by atoms with Crippen LogP contribution in [0.4, 0.5) is 0 Å². The largest absolute Gasteiger partial charge is 0.480 e. The zero-order chi connectivity index (χ0) is 13.5. The molecule has 0 aliphatic rings. The van der Waals surface area contributed by atoms with Crippen molar-refractivity contribution in [1.29, 1.82) is 0 Å². The summed E-state index contributed by atoms with van der Waals surface area (Å²) in [5.74, 6) is -3.10. The summed E-state index contributed by atoms with van der Waals surface area (Å²) in [6.45, 7) is 3.63. The fraction of sp³-hybridized carbons (Fsp3) is 0.800. The zero-order valence-corrected chi connectivity index (χ0v) is 10.9. The molecule has 0 aromatic carbocycles. The van der Waals surface area contributed by atoms with Gasteiger partial charge in [-0.05, 0) is 13.3 Å². The third-order valence-corrected chi connectivity index (χ3v) is 4.25. The van der Waals surface area contributed by atoms with Crippen LogP contribution in [0.2, 0.25) is 0 Å². The molecule has 0 saturated heterocycles. The Bertz CT molecular complexity index is 363. The predicted octanol–water partition coefficient (Wildman–Crippen LogP) is 0.181. The Balaban J connectivity index is 4.25. The molecule has 100 valence electrons. The molecule has 7 heteroatoms. The predicted molar refractivity (Wildman–Crippen MR) is 63.4 cm³/mol. The van der Waals surface area contributed by atoms with Crippen LogP contribution in [0.1, 0.15) is 33.1 Å². The Morgan fingerprint density at radius 3 is 2.35 bits per heavy atom. The number of rotatable bonds is 8. The second-order valence-electron chi connectivity index (χ2n) is 3.84. The summed E-state index contributed by atoms with van der Waals surface area (Å²) in [6.07, 6.45) is 2.74. The normalized spacial score (nSPS) is 13.1. The van der Waals surface area contributed by atoms with Gasteiger partial charge in [0.25, 0.3) is 0 Å². The Morgan fingerprint density at radius 2 is 1.88 bits per heavy atom. The highest BCUT2D eigenvalue weighted by Crippen LogP contribution is 2.02. The molecule has 0 aromatic heterocycles. The summed E-state index contributed by atoms with van der Waals surface area (Å²) in [6, 6.07) is 0. The lowest BCUT2D eigenvalue weighted by molar-refractivity contribution is -0.134.